The summed E-state index contributed by atoms with van der Waals surface area (Å²) in [7, 11) is 3.96. The molecule has 0 atom stereocenters. The first-order chi connectivity index (χ1) is 12.5. The van der Waals surface area contributed by atoms with Crippen molar-refractivity contribution in [1.29, 1.82) is 0 Å². The first-order valence-corrected chi connectivity index (χ1v) is 8.28. The van der Waals surface area contributed by atoms with Gasteiger partial charge in [-0.2, -0.15) is 0 Å². The molecule has 0 bridgehead atoms. The highest BCUT2D eigenvalue weighted by molar-refractivity contribution is 6.04. The van der Waals surface area contributed by atoms with Crippen molar-refractivity contribution < 1.29 is 14.3 Å². The number of nitrogens with zero attached hydrogens (tertiary/aromatic N) is 3. The zero-order valence-electron chi connectivity index (χ0n) is 15.2. The van der Waals surface area contributed by atoms with E-state index in [1.54, 1.807) is 31.2 Å². The SMILES string of the molecule is CCOC(=O)c1ccc(NC(=O)c2cnc(NCCN(C)C)nc2)cc1. The summed E-state index contributed by atoms with van der Waals surface area (Å²) in [6.07, 6.45) is 2.93. The normalized spacial score (nSPS) is 10.5. The fraction of sp³-hybridized carbons (Fsp3) is 0.333. The van der Waals surface area contributed by atoms with Gasteiger partial charge in [0.05, 0.1) is 17.7 Å². The van der Waals surface area contributed by atoms with E-state index in [0.29, 0.717) is 35.9 Å². The maximum absolute atomic E-state index is 12.2. The third kappa shape index (κ3) is 5.82. The smallest absolute Gasteiger partial charge is 0.338 e. The summed E-state index contributed by atoms with van der Waals surface area (Å²) in [5, 5.41) is 5.82. The van der Waals surface area contributed by atoms with Gasteiger partial charge < -0.3 is 20.3 Å². The number of anilines is 2. The van der Waals surface area contributed by atoms with Crippen molar-refractivity contribution in [2.45, 2.75) is 6.92 Å². The van der Waals surface area contributed by atoms with Gasteiger partial charge in [0.1, 0.15) is 0 Å². The minimum absolute atomic E-state index is 0.317. The number of carbonyl (C=O) groups excluding carboxylic acids is 2. The number of benzene rings is 1. The maximum atomic E-state index is 12.2. The molecule has 0 radical (unpaired) electrons. The van der Waals surface area contributed by atoms with Crippen LogP contribution in [0.1, 0.15) is 27.6 Å². The quantitative estimate of drug-likeness (QED) is 0.696. The number of carbonyl (C=O) groups is 2. The molecule has 8 heteroatoms. The maximum Gasteiger partial charge on any atom is 0.338 e. The second kappa shape index (κ2) is 9.47. The Morgan fingerprint density at radius 1 is 1.08 bits per heavy atom. The first kappa shape index (κ1) is 19.3. The second-order valence-electron chi connectivity index (χ2n) is 5.78. The number of hydrogen-bond donors (Lipinski definition) is 2. The molecule has 1 amide bonds. The van der Waals surface area contributed by atoms with E-state index in [2.05, 4.69) is 20.6 Å². The number of ether oxygens (including phenoxy) is 1. The van der Waals surface area contributed by atoms with Crippen molar-refractivity contribution in [1.82, 2.24) is 14.9 Å². The predicted molar refractivity (Wildman–Crippen MR) is 99.4 cm³/mol. The summed E-state index contributed by atoms with van der Waals surface area (Å²) in [4.78, 5) is 34.2. The van der Waals surface area contributed by atoms with Crippen molar-refractivity contribution in [3.8, 4) is 0 Å². The summed E-state index contributed by atoms with van der Waals surface area (Å²) < 4.78 is 4.92. The zero-order valence-corrected chi connectivity index (χ0v) is 15.2. The lowest BCUT2D eigenvalue weighted by Gasteiger charge is -2.10. The van der Waals surface area contributed by atoms with E-state index in [0.717, 1.165) is 6.54 Å². The molecule has 8 nitrogen and oxygen atoms in total. The lowest BCUT2D eigenvalue weighted by atomic mass is 10.2. The van der Waals surface area contributed by atoms with Crippen LogP contribution in [0.15, 0.2) is 36.7 Å². The molecule has 0 unspecified atom stereocenters. The molecule has 2 aromatic rings. The first-order valence-electron chi connectivity index (χ1n) is 8.28. The van der Waals surface area contributed by atoms with E-state index in [9.17, 15) is 9.59 Å². The second-order valence-corrected chi connectivity index (χ2v) is 5.78. The molecule has 0 fully saturated rings. The number of amides is 1. The zero-order chi connectivity index (χ0) is 18.9. The molecule has 0 aliphatic heterocycles. The monoisotopic (exact) mass is 357 g/mol. The summed E-state index contributed by atoms with van der Waals surface area (Å²) in [5.41, 5.74) is 1.34. The van der Waals surface area contributed by atoms with Crippen LogP contribution in [0.25, 0.3) is 0 Å². The van der Waals surface area contributed by atoms with Gasteiger partial charge in [0.2, 0.25) is 5.95 Å². The molecule has 2 rings (SSSR count). The predicted octanol–water partition coefficient (Wildman–Crippen LogP) is 1.88. The highest BCUT2D eigenvalue weighted by Crippen LogP contribution is 2.12. The Balaban J connectivity index is 1.91. The molecule has 26 heavy (non-hydrogen) atoms. The van der Waals surface area contributed by atoms with Gasteiger partial charge in [-0.05, 0) is 45.3 Å². The topological polar surface area (TPSA) is 96.4 Å². The lowest BCUT2D eigenvalue weighted by Crippen LogP contribution is -2.21. The molecule has 138 valence electrons. The van der Waals surface area contributed by atoms with E-state index in [1.165, 1.54) is 12.4 Å². The third-order valence-corrected chi connectivity index (χ3v) is 3.41. The van der Waals surface area contributed by atoms with Gasteiger partial charge in [-0.3, -0.25) is 4.79 Å². The molecule has 1 aromatic heterocycles. The molecular formula is C18H23N5O3. The molecule has 0 aliphatic rings. The van der Waals surface area contributed by atoms with Crippen LogP contribution in [-0.4, -0.2) is 60.5 Å². The molecule has 1 aromatic carbocycles. The Hall–Kier alpha value is -3.00. The van der Waals surface area contributed by atoms with Gasteiger partial charge in [-0.15, -0.1) is 0 Å². The summed E-state index contributed by atoms with van der Waals surface area (Å²) in [6, 6.07) is 6.48. The molecular weight excluding hydrogens is 334 g/mol. The van der Waals surface area contributed by atoms with E-state index in [-0.39, 0.29) is 5.91 Å². The Morgan fingerprint density at radius 2 is 1.73 bits per heavy atom. The van der Waals surface area contributed by atoms with E-state index < -0.39 is 5.97 Å². The number of hydrogen-bond acceptors (Lipinski definition) is 7. The highest BCUT2D eigenvalue weighted by atomic mass is 16.5. The lowest BCUT2D eigenvalue weighted by molar-refractivity contribution is 0.0526. The van der Waals surface area contributed by atoms with Crippen molar-refractivity contribution in [3.63, 3.8) is 0 Å². The summed E-state index contributed by atoms with van der Waals surface area (Å²) in [6.45, 7) is 3.63. The summed E-state index contributed by atoms with van der Waals surface area (Å²) in [5.74, 6) is -0.243. The average molecular weight is 357 g/mol. The van der Waals surface area contributed by atoms with Crippen LogP contribution < -0.4 is 10.6 Å². The minimum atomic E-state index is -0.392. The summed E-state index contributed by atoms with van der Waals surface area (Å²) >= 11 is 0. The van der Waals surface area contributed by atoms with Gasteiger partial charge in [0.25, 0.3) is 5.91 Å². The number of nitrogens with one attached hydrogen (secondary N) is 2. The highest BCUT2D eigenvalue weighted by Gasteiger charge is 2.10. The van der Waals surface area contributed by atoms with Crippen LogP contribution in [0.4, 0.5) is 11.6 Å². The molecule has 1 heterocycles. The van der Waals surface area contributed by atoms with Crippen LogP contribution in [0.3, 0.4) is 0 Å². The molecule has 2 N–H and O–H groups in total. The van der Waals surface area contributed by atoms with Crippen molar-refractivity contribution in [2.75, 3.05) is 44.4 Å². The fourth-order valence-corrected chi connectivity index (χ4v) is 2.04. The fourth-order valence-electron chi connectivity index (χ4n) is 2.04. The van der Waals surface area contributed by atoms with Crippen LogP contribution in [0, 0.1) is 0 Å². The van der Waals surface area contributed by atoms with Gasteiger partial charge in [0.15, 0.2) is 0 Å². The number of aromatic nitrogens is 2. The van der Waals surface area contributed by atoms with Crippen molar-refractivity contribution in [2.24, 2.45) is 0 Å². The van der Waals surface area contributed by atoms with Crippen LogP contribution in [-0.2, 0) is 4.74 Å². The Kier molecular flexibility index (Phi) is 7.04. The van der Waals surface area contributed by atoms with Crippen LogP contribution >= 0.6 is 0 Å². The Labute approximate surface area is 152 Å². The Morgan fingerprint density at radius 3 is 2.31 bits per heavy atom. The molecule has 0 spiro atoms. The van der Waals surface area contributed by atoms with Crippen LogP contribution in [0.5, 0.6) is 0 Å². The Bertz CT molecular complexity index is 729. The van der Waals surface area contributed by atoms with Crippen molar-refractivity contribution in [3.05, 3.63) is 47.8 Å². The average Bonchev–Trinajstić information content (AvgIpc) is 2.63. The van der Waals surface area contributed by atoms with Crippen molar-refractivity contribution >= 4 is 23.5 Å². The van der Waals surface area contributed by atoms with E-state index >= 15 is 0 Å². The number of rotatable bonds is 8. The van der Waals surface area contributed by atoms with E-state index in [4.69, 9.17) is 4.74 Å². The molecule has 0 saturated carbocycles. The third-order valence-electron chi connectivity index (χ3n) is 3.41. The largest absolute Gasteiger partial charge is 0.462 e. The van der Waals surface area contributed by atoms with Gasteiger partial charge in [-0.1, -0.05) is 0 Å². The standard InChI is InChI=1S/C18H23N5O3/c1-4-26-17(25)13-5-7-15(8-6-13)22-16(24)14-11-20-18(21-12-14)19-9-10-23(2)3/h5-8,11-12H,4,9-10H2,1-3H3,(H,22,24)(H,19,20,21). The molecule has 0 saturated heterocycles. The van der Waals surface area contributed by atoms with Gasteiger partial charge in [0, 0.05) is 31.2 Å². The minimum Gasteiger partial charge on any atom is -0.462 e. The van der Waals surface area contributed by atoms with Crippen LogP contribution in [0.2, 0.25) is 0 Å². The number of likely N-dealkylation sites (N-methyl/N-ethyl adjacent to an activating group) is 1. The van der Waals surface area contributed by atoms with Gasteiger partial charge >= 0.3 is 5.97 Å². The van der Waals surface area contributed by atoms with E-state index in [1.807, 2.05) is 19.0 Å². The number of esters is 1. The van der Waals surface area contributed by atoms with Gasteiger partial charge in [-0.25, -0.2) is 14.8 Å². The molecule has 0 aliphatic carbocycles.